The second kappa shape index (κ2) is 4.53. The molecule has 0 aliphatic heterocycles. The minimum absolute atomic E-state index is 0.0554. The van der Waals surface area contributed by atoms with Crippen LogP contribution >= 0.6 is 11.6 Å². The molecule has 18 heavy (non-hydrogen) atoms. The van der Waals surface area contributed by atoms with Crippen LogP contribution in [-0.4, -0.2) is 14.9 Å². The van der Waals surface area contributed by atoms with E-state index in [0.29, 0.717) is 0 Å². The number of nitro groups is 1. The number of hydrogen-bond donors (Lipinski definition) is 1. The Kier molecular flexibility index (Phi) is 3.07. The summed E-state index contributed by atoms with van der Waals surface area (Å²) in [6.07, 6.45) is 0.936. The molecule has 2 aromatic rings. The molecule has 1 heterocycles. The number of anilines is 1. The highest BCUT2D eigenvalue weighted by Crippen LogP contribution is 2.30. The standard InChI is InChI=1S/C10H6ClFN4O2/c11-5-1-2-6(7(12)3-5)9-8(16(17)18)4-14-10(13)15-9/h1-4H,(H2,13,14,15). The fraction of sp³-hybridized carbons (Fsp3) is 0. The highest BCUT2D eigenvalue weighted by molar-refractivity contribution is 6.30. The normalized spacial score (nSPS) is 10.3. The summed E-state index contributed by atoms with van der Waals surface area (Å²) >= 11 is 5.61. The summed E-state index contributed by atoms with van der Waals surface area (Å²) in [6.45, 7) is 0. The van der Waals surface area contributed by atoms with Gasteiger partial charge in [0, 0.05) is 10.6 Å². The van der Waals surface area contributed by atoms with Gasteiger partial charge in [-0.2, -0.15) is 0 Å². The number of hydrogen-bond acceptors (Lipinski definition) is 5. The summed E-state index contributed by atoms with van der Waals surface area (Å²) in [7, 11) is 0. The van der Waals surface area contributed by atoms with Crippen LogP contribution in [0.15, 0.2) is 24.4 Å². The maximum Gasteiger partial charge on any atom is 0.313 e. The van der Waals surface area contributed by atoms with Gasteiger partial charge in [0.1, 0.15) is 12.0 Å². The third-order valence-corrected chi connectivity index (χ3v) is 2.41. The van der Waals surface area contributed by atoms with E-state index in [-0.39, 0.29) is 22.2 Å². The van der Waals surface area contributed by atoms with Crippen LogP contribution in [-0.2, 0) is 0 Å². The number of halogens is 2. The molecule has 2 rings (SSSR count). The molecule has 0 aliphatic rings. The first-order valence-corrected chi connectivity index (χ1v) is 5.09. The van der Waals surface area contributed by atoms with Gasteiger partial charge in [0.2, 0.25) is 5.95 Å². The fourth-order valence-electron chi connectivity index (χ4n) is 1.40. The molecule has 6 nitrogen and oxygen atoms in total. The third kappa shape index (κ3) is 2.21. The van der Waals surface area contributed by atoms with Crippen molar-refractivity contribution in [2.45, 2.75) is 0 Å². The Balaban J connectivity index is 2.69. The van der Waals surface area contributed by atoms with Crippen molar-refractivity contribution in [3.8, 4) is 11.3 Å². The maximum atomic E-state index is 13.7. The van der Waals surface area contributed by atoms with Crippen molar-refractivity contribution < 1.29 is 9.31 Å². The highest BCUT2D eigenvalue weighted by atomic mass is 35.5. The molecular formula is C10H6ClFN4O2. The van der Waals surface area contributed by atoms with Crippen molar-refractivity contribution in [3.05, 3.63) is 45.4 Å². The smallest absolute Gasteiger partial charge is 0.313 e. The lowest BCUT2D eigenvalue weighted by Gasteiger charge is -2.04. The lowest BCUT2D eigenvalue weighted by atomic mass is 10.1. The molecule has 0 spiro atoms. The maximum absolute atomic E-state index is 13.7. The van der Waals surface area contributed by atoms with Crippen LogP contribution < -0.4 is 5.73 Å². The number of benzene rings is 1. The van der Waals surface area contributed by atoms with E-state index in [1.807, 2.05) is 0 Å². The van der Waals surface area contributed by atoms with Gasteiger partial charge in [0.15, 0.2) is 5.69 Å². The zero-order valence-electron chi connectivity index (χ0n) is 8.80. The Morgan fingerprint density at radius 3 is 2.78 bits per heavy atom. The van der Waals surface area contributed by atoms with Crippen molar-refractivity contribution in [1.82, 2.24) is 9.97 Å². The zero-order chi connectivity index (χ0) is 13.3. The van der Waals surface area contributed by atoms with Crippen molar-refractivity contribution in [3.63, 3.8) is 0 Å². The average Bonchev–Trinajstić information content (AvgIpc) is 2.28. The topological polar surface area (TPSA) is 94.9 Å². The largest absolute Gasteiger partial charge is 0.368 e. The van der Waals surface area contributed by atoms with Crippen molar-refractivity contribution >= 4 is 23.2 Å². The second-order valence-electron chi connectivity index (χ2n) is 3.34. The second-order valence-corrected chi connectivity index (χ2v) is 3.78. The van der Waals surface area contributed by atoms with Gasteiger partial charge in [-0.3, -0.25) is 10.1 Å². The lowest BCUT2D eigenvalue weighted by molar-refractivity contribution is -0.384. The van der Waals surface area contributed by atoms with E-state index in [1.54, 1.807) is 0 Å². The number of nitrogens with two attached hydrogens (primary N) is 1. The van der Waals surface area contributed by atoms with Crippen LogP contribution in [0.3, 0.4) is 0 Å². The van der Waals surface area contributed by atoms with Gasteiger partial charge in [-0.15, -0.1) is 0 Å². The van der Waals surface area contributed by atoms with Crippen LogP contribution in [0.2, 0.25) is 5.02 Å². The number of aromatic nitrogens is 2. The molecule has 0 saturated heterocycles. The molecule has 0 aliphatic carbocycles. The summed E-state index contributed by atoms with van der Waals surface area (Å²) in [4.78, 5) is 17.3. The van der Waals surface area contributed by atoms with E-state index >= 15 is 0 Å². The lowest BCUT2D eigenvalue weighted by Crippen LogP contribution is -2.02. The summed E-state index contributed by atoms with van der Waals surface area (Å²) in [5.74, 6) is -0.895. The van der Waals surface area contributed by atoms with Crippen LogP contribution in [0, 0.1) is 15.9 Å². The molecule has 92 valence electrons. The molecule has 0 saturated carbocycles. The van der Waals surface area contributed by atoms with Crippen molar-refractivity contribution in [1.29, 1.82) is 0 Å². The first-order chi connectivity index (χ1) is 8.49. The van der Waals surface area contributed by atoms with E-state index in [1.165, 1.54) is 12.1 Å². The Labute approximate surface area is 105 Å². The van der Waals surface area contributed by atoms with Gasteiger partial charge < -0.3 is 5.73 Å². The molecule has 8 heteroatoms. The van der Waals surface area contributed by atoms with Gasteiger partial charge in [0.25, 0.3) is 0 Å². The van der Waals surface area contributed by atoms with E-state index in [4.69, 9.17) is 17.3 Å². The van der Waals surface area contributed by atoms with Crippen LogP contribution in [0.1, 0.15) is 0 Å². The van der Waals surface area contributed by atoms with E-state index in [2.05, 4.69) is 9.97 Å². The Hall–Kier alpha value is -2.28. The van der Waals surface area contributed by atoms with E-state index in [0.717, 1.165) is 12.3 Å². The van der Waals surface area contributed by atoms with E-state index < -0.39 is 16.4 Å². The van der Waals surface area contributed by atoms with Crippen LogP contribution in [0.25, 0.3) is 11.3 Å². The predicted octanol–water partition coefficient (Wildman–Crippen LogP) is 2.43. The summed E-state index contributed by atoms with van der Waals surface area (Å²) in [5, 5.41) is 11.0. The van der Waals surface area contributed by atoms with Gasteiger partial charge in [-0.05, 0) is 18.2 Å². The molecule has 0 unspecified atom stereocenters. The molecule has 1 aromatic carbocycles. The first-order valence-electron chi connectivity index (χ1n) is 4.71. The fourth-order valence-corrected chi connectivity index (χ4v) is 1.56. The number of nitrogens with zero attached hydrogens (tertiary/aromatic N) is 3. The monoisotopic (exact) mass is 268 g/mol. The Bertz CT molecular complexity index is 635. The van der Waals surface area contributed by atoms with Gasteiger partial charge in [-0.25, -0.2) is 14.4 Å². The molecule has 2 N–H and O–H groups in total. The number of rotatable bonds is 2. The Morgan fingerprint density at radius 2 is 2.17 bits per heavy atom. The molecule has 1 aromatic heterocycles. The SMILES string of the molecule is Nc1ncc([N+](=O)[O-])c(-c2ccc(Cl)cc2F)n1. The quantitative estimate of drug-likeness (QED) is 0.666. The molecule has 0 bridgehead atoms. The average molecular weight is 269 g/mol. The predicted molar refractivity (Wildman–Crippen MR) is 63.5 cm³/mol. The van der Waals surface area contributed by atoms with Gasteiger partial charge in [0.05, 0.1) is 4.92 Å². The first kappa shape index (κ1) is 12.2. The van der Waals surface area contributed by atoms with E-state index in [9.17, 15) is 14.5 Å². The van der Waals surface area contributed by atoms with Crippen molar-refractivity contribution in [2.75, 3.05) is 5.73 Å². The molecule has 0 radical (unpaired) electrons. The summed E-state index contributed by atoms with van der Waals surface area (Å²) in [6, 6.07) is 3.74. The van der Waals surface area contributed by atoms with Crippen LogP contribution in [0.4, 0.5) is 16.0 Å². The highest BCUT2D eigenvalue weighted by Gasteiger charge is 2.21. The minimum Gasteiger partial charge on any atom is -0.368 e. The zero-order valence-corrected chi connectivity index (χ0v) is 9.56. The molecular weight excluding hydrogens is 263 g/mol. The van der Waals surface area contributed by atoms with Gasteiger partial charge in [-0.1, -0.05) is 11.6 Å². The molecule has 0 fully saturated rings. The summed E-state index contributed by atoms with van der Waals surface area (Å²) < 4.78 is 13.7. The minimum atomic E-state index is -0.719. The third-order valence-electron chi connectivity index (χ3n) is 2.17. The number of nitrogen functional groups attached to an aromatic ring is 1. The molecule has 0 atom stereocenters. The summed E-state index contributed by atoms with van der Waals surface area (Å²) in [5.41, 5.74) is 4.69. The molecule has 0 amide bonds. The van der Waals surface area contributed by atoms with Gasteiger partial charge >= 0.3 is 5.69 Å². The van der Waals surface area contributed by atoms with Crippen LogP contribution in [0.5, 0.6) is 0 Å². The van der Waals surface area contributed by atoms with Crippen molar-refractivity contribution in [2.24, 2.45) is 0 Å². The Morgan fingerprint density at radius 1 is 1.44 bits per heavy atom.